The van der Waals surface area contributed by atoms with Crippen molar-refractivity contribution in [3.63, 3.8) is 0 Å². The van der Waals surface area contributed by atoms with Crippen LogP contribution in [0.25, 0.3) is 0 Å². The SMILES string of the molecule is CC1(c2ccc(O)c(F)c2O)CCCN1. The van der Waals surface area contributed by atoms with Crippen molar-refractivity contribution in [3.8, 4) is 11.5 Å². The lowest BCUT2D eigenvalue weighted by Crippen LogP contribution is -2.33. The maximum atomic E-state index is 13.3. The number of phenols is 2. The first-order chi connectivity index (χ1) is 7.04. The molecule has 2 rings (SSSR count). The quantitative estimate of drug-likeness (QED) is 0.664. The third-order valence-corrected chi connectivity index (χ3v) is 3.06. The van der Waals surface area contributed by atoms with E-state index in [2.05, 4.69) is 5.32 Å². The van der Waals surface area contributed by atoms with E-state index in [0.717, 1.165) is 19.4 Å². The maximum absolute atomic E-state index is 13.3. The molecule has 1 aromatic carbocycles. The van der Waals surface area contributed by atoms with E-state index in [-0.39, 0.29) is 0 Å². The van der Waals surface area contributed by atoms with E-state index in [9.17, 15) is 9.50 Å². The van der Waals surface area contributed by atoms with Gasteiger partial charge in [0.25, 0.3) is 0 Å². The van der Waals surface area contributed by atoms with Gasteiger partial charge in [0.1, 0.15) is 0 Å². The van der Waals surface area contributed by atoms with Gasteiger partial charge in [-0.25, -0.2) is 0 Å². The highest BCUT2D eigenvalue weighted by Gasteiger charge is 2.33. The second kappa shape index (κ2) is 3.38. The first-order valence-electron chi connectivity index (χ1n) is 5.00. The summed E-state index contributed by atoms with van der Waals surface area (Å²) in [5, 5.41) is 22.0. The van der Waals surface area contributed by atoms with Crippen LogP contribution in [0.5, 0.6) is 11.5 Å². The molecule has 1 aliphatic heterocycles. The van der Waals surface area contributed by atoms with Crippen molar-refractivity contribution in [3.05, 3.63) is 23.5 Å². The number of rotatable bonds is 1. The first-order valence-corrected chi connectivity index (χ1v) is 5.00. The number of benzene rings is 1. The third-order valence-electron chi connectivity index (χ3n) is 3.06. The van der Waals surface area contributed by atoms with Crippen molar-refractivity contribution >= 4 is 0 Å². The van der Waals surface area contributed by atoms with E-state index >= 15 is 0 Å². The highest BCUT2D eigenvalue weighted by molar-refractivity contribution is 5.45. The summed E-state index contributed by atoms with van der Waals surface area (Å²) in [5.74, 6) is -1.91. The predicted octanol–water partition coefficient (Wildman–Crippen LogP) is 1.84. The fourth-order valence-electron chi connectivity index (χ4n) is 2.12. The predicted molar refractivity (Wildman–Crippen MR) is 54.3 cm³/mol. The van der Waals surface area contributed by atoms with E-state index in [1.165, 1.54) is 6.07 Å². The van der Waals surface area contributed by atoms with Crippen LogP contribution in [0.3, 0.4) is 0 Å². The van der Waals surface area contributed by atoms with E-state index in [1.54, 1.807) is 6.07 Å². The second-order valence-corrected chi connectivity index (χ2v) is 4.16. The first kappa shape index (κ1) is 10.2. The Bertz CT molecular complexity index is 386. The van der Waals surface area contributed by atoms with Crippen molar-refractivity contribution < 1.29 is 14.6 Å². The highest BCUT2D eigenvalue weighted by atomic mass is 19.1. The van der Waals surface area contributed by atoms with Crippen molar-refractivity contribution in [1.29, 1.82) is 0 Å². The third kappa shape index (κ3) is 1.55. The van der Waals surface area contributed by atoms with Crippen LogP contribution < -0.4 is 5.32 Å². The summed E-state index contributed by atoms with van der Waals surface area (Å²) in [6.45, 7) is 2.78. The zero-order chi connectivity index (χ0) is 11.1. The number of halogens is 1. The zero-order valence-electron chi connectivity index (χ0n) is 8.55. The molecule has 0 amide bonds. The maximum Gasteiger partial charge on any atom is 0.206 e. The average molecular weight is 211 g/mol. The van der Waals surface area contributed by atoms with Gasteiger partial charge in [-0.3, -0.25) is 0 Å². The molecule has 0 aliphatic carbocycles. The molecule has 1 atom stereocenters. The van der Waals surface area contributed by atoms with Crippen molar-refractivity contribution in [1.82, 2.24) is 5.32 Å². The largest absolute Gasteiger partial charge is 0.505 e. The van der Waals surface area contributed by atoms with Crippen LogP contribution in [0.15, 0.2) is 12.1 Å². The normalized spacial score (nSPS) is 25.7. The summed E-state index contributed by atoms with van der Waals surface area (Å²) in [6, 6.07) is 2.84. The van der Waals surface area contributed by atoms with Gasteiger partial charge in [-0.1, -0.05) is 0 Å². The molecule has 0 radical (unpaired) electrons. The van der Waals surface area contributed by atoms with E-state index in [0.29, 0.717) is 5.56 Å². The van der Waals surface area contributed by atoms with Gasteiger partial charge in [0.15, 0.2) is 11.5 Å². The molecule has 1 aromatic rings. The Kier molecular flexibility index (Phi) is 2.31. The van der Waals surface area contributed by atoms with Gasteiger partial charge in [-0.15, -0.1) is 0 Å². The number of nitrogens with one attached hydrogen (secondary N) is 1. The Morgan fingerprint density at radius 1 is 1.40 bits per heavy atom. The minimum Gasteiger partial charge on any atom is -0.505 e. The molecule has 3 nitrogen and oxygen atoms in total. The molecule has 0 saturated carbocycles. The number of aromatic hydroxyl groups is 2. The van der Waals surface area contributed by atoms with Gasteiger partial charge >= 0.3 is 0 Å². The van der Waals surface area contributed by atoms with Crippen LogP contribution in [-0.2, 0) is 5.54 Å². The molecule has 0 aromatic heterocycles. The summed E-state index contributed by atoms with van der Waals surface area (Å²) in [5.41, 5.74) is 0.119. The molecule has 0 bridgehead atoms. The van der Waals surface area contributed by atoms with E-state index < -0.39 is 22.9 Å². The number of phenolic OH excluding ortho intramolecular Hbond substituents is 2. The molecular weight excluding hydrogens is 197 g/mol. The van der Waals surface area contributed by atoms with Gasteiger partial charge in [-0.05, 0) is 38.4 Å². The van der Waals surface area contributed by atoms with Crippen LogP contribution in [0.2, 0.25) is 0 Å². The van der Waals surface area contributed by atoms with Crippen LogP contribution in [0.1, 0.15) is 25.3 Å². The number of hydrogen-bond acceptors (Lipinski definition) is 3. The Morgan fingerprint density at radius 3 is 2.73 bits per heavy atom. The molecule has 4 heteroatoms. The van der Waals surface area contributed by atoms with Crippen LogP contribution in [0.4, 0.5) is 4.39 Å². The van der Waals surface area contributed by atoms with Gasteiger partial charge in [0, 0.05) is 11.1 Å². The minimum atomic E-state index is -0.942. The fraction of sp³-hybridized carbons (Fsp3) is 0.455. The summed E-state index contributed by atoms with van der Waals surface area (Å²) in [7, 11) is 0. The van der Waals surface area contributed by atoms with Crippen LogP contribution in [0, 0.1) is 5.82 Å². The lowest BCUT2D eigenvalue weighted by atomic mass is 9.89. The summed E-state index contributed by atoms with van der Waals surface area (Å²) >= 11 is 0. The molecule has 1 unspecified atom stereocenters. The van der Waals surface area contributed by atoms with Gasteiger partial charge in [-0.2, -0.15) is 4.39 Å². The molecule has 3 N–H and O–H groups in total. The van der Waals surface area contributed by atoms with Crippen molar-refractivity contribution in [2.75, 3.05) is 6.54 Å². The van der Waals surface area contributed by atoms with Gasteiger partial charge in [0.05, 0.1) is 0 Å². The molecular formula is C11H14FNO2. The van der Waals surface area contributed by atoms with Gasteiger partial charge < -0.3 is 15.5 Å². The monoisotopic (exact) mass is 211 g/mol. The molecule has 15 heavy (non-hydrogen) atoms. The van der Waals surface area contributed by atoms with E-state index in [1.807, 2.05) is 6.92 Å². The van der Waals surface area contributed by atoms with Crippen molar-refractivity contribution in [2.24, 2.45) is 0 Å². The zero-order valence-corrected chi connectivity index (χ0v) is 8.55. The lowest BCUT2D eigenvalue weighted by Gasteiger charge is -2.26. The molecule has 1 heterocycles. The van der Waals surface area contributed by atoms with Crippen molar-refractivity contribution in [2.45, 2.75) is 25.3 Å². The fourth-order valence-corrected chi connectivity index (χ4v) is 2.12. The van der Waals surface area contributed by atoms with Crippen LogP contribution >= 0.6 is 0 Å². The standard InChI is InChI=1S/C11H14FNO2/c1-11(5-2-6-13-11)7-3-4-8(14)9(12)10(7)15/h3-4,13-15H,2,5-6H2,1H3. The summed E-state index contributed by atoms with van der Waals surface area (Å²) < 4.78 is 13.3. The smallest absolute Gasteiger partial charge is 0.206 e. The molecule has 0 spiro atoms. The molecule has 82 valence electrons. The summed E-state index contributed by atoms with van der Waals surface area (Å²) in [4.78, 5) is 0. The molecule has 1 aliphatic rings. The number of hydrogen-bond donors (Lipinski definition) is 3. The highest BCUT2D eigenvalue weighted by Crippen LogP contribution is 2.39. The lowest BCUT2D eigenvalue weighted by molar-refractivity contribution is 0.357. The van der Waals surface area contributed by atoms with E-state index in [4.69, 9.17) is 5.11 Å². The molecule has 1 fully saturated rings. The summed E-state index contributed by atoms with van der Waals surface area (Å²) in [6.07, 6.45) is 1.85. The second-order valence-electron chi connectivity index (χ2n) is 4.16. The Hall–Kier alpha value is -1.29. The Labute approximate surface area is 87.6 Å². The molecule has 1 saturated heterocycles. The topological polar surface area (TPSA) is 52.5 Å². The Balaban J connectivity index is 2.49. The van der Waals surface area contributed by atoms with Gasteiger partial charge in [0.2, 0.25) is 5.82 Å². The Morgan fingerprint density at radius 2 is 2.13 bits per heavy atom. The van der Waals surface area contributed by atoms with Crippen LogP contribution in [-0.4, -0.2) is 16.8 Å². The minimum absolute atomic E-state index is 0.390. The average Bonchev–Trinajstić information content (AvgIpc) is 2.62.